The Balaban J connectivity index is 1.44. The Bertz CT molecular complexity index is 1160. The first-order valence-corrected chi connectivity index (χ1v) is 12.7. The van der Waals surface area contributed by atoms with Crippen LogP contribution in [0.15, 0.2) is 48.5 Å². The lowest BCUT2D eigenvalue weighted by molar-refractivity contribution is -0.123. The Morgan fingerprint density at radius 2 is 1.77 bits per heavy atom. The van der Waals surface area contributed by atoms with Gasteiger partial charge in [0.05, 0.1) is 6.04 Å². The van der Waals surface area contributed by atoms with E-state index in [4.69, 9.17) is 0 Å². The van der Waals surface area contributed by atoms with Gasteiger partial charge in [-0.05, 0) is 63.0 Å². The van der Waals surface area contributed by atoms with E-state index in [0.717, 1.165) is 47.3 Å². The Labute approximate surface area is 208 Å². The highest BCUT2D eigenvalue weighted by atomic mass is 16.2. The molecule has 1 saturated carbocycles. The van der Waals surface area contributed by atoms with Crippen LogP contribution >= 0.6 is 0 Å². The molecule has 1 aliphatic rings. The van der Waals surface area contributed by atoms with Crippen LogP contribution < -0.4 is 10.6 Å². The lowest BCUT2D eigenvalue weighted by Gasteiger charge is -2.22. The third-order valence-corrected chi connectivity index (χ3v) is 6.95. The highest BCUT2D eigenvalue weighted by molar-refractivity contribution is 6.02. The van der Waals surface area contributed by atoms with Gasteiger partial charge in [-0.2, -0.15) is 0 Å². The van der Waals surface area contributed by atoms with Gasteiger partial charge in [0, 0.05) is 17.4 Å². The number of aromatic nitrogens is 1. The van der Waals surface area contributed by atoms with E-state index < -0.39 is 6.04 Å². The summed E-state index contributed by atoms with van der Waals surface area (Å²) >= 11 is 0. The first-order chi connectivity index (χ1) is 16.8. The van der Waals surface area contributed by atoms with Crippen LogP contribution in [0.4, 0.5) is 0 Å². The number of aromatic amines is 1. The van der Waals surface area contributed by atoms with E-state index in [-0.39, 0.29) is 17.9 Å². The number of benzene rings is 2. The third kappa shape index (κ3) is 6.51. The number of nitrogens with zero attached hydrogens (tertiary/aromatic N) is 1. The fourth-order valence-electron chi connectivity index (χ4n) is 4.70. The minimum Gasteiger partial charge on any atom is -0.350 e. The van der Waals surface area contributed by atoms with Crippen molar-refractivity contribution in [1.29, 1.82) is 0 Å². The Morgan fingerprint density at radius 3 is 2.43 bits per heavy atom. The summed E-state index contributed by atoms with van der Waals surface area (Å²) in [6.07, 6.45) is 5.27. The Kier molecular flexibility index (Phi) is 7.91. The molecule has 1 fully saturated rings. The molecule has 2 atom stereocenters. The van der Waals surface area contributed by atoms with Crippen molar-refractivity contribution in [3.8, 4) is 0 Å². The number of nitrogens with one attached hydrogen (secondary N) is 3. The summed E-state index contributed by atoms with van der Waals surface area (Å²) in [7, 11) is 4.09. The number of hydrogen-bond donors (Lipinski definition) is 3. The average molecular weight is 475 g/mol. The van der Waals surface area contributed by atoms with E-state index in [1.54, 1.807) is 0 Å². The number of carbonyl (C=O) groups is 2. The van der Waals surface area contributed by atoms with Crippen molar-refractivity contribution in [1.82, 2.24) is 20.5 Å². The van der Waals surface area contributed by atoms with E-state index in [1.807, 2.05) is 52.2 Å². The van der Waals surface area contributed by atoms with Crippen LogP contribution in [-0.2, 0) is 11.3 Å². The second-order valence-electron chi connectivity index (χ2n) is 10.3. The molecule has 0 unspecified atom stereocenters. The quantitative estimate of drug-likeness (QED) is 0.362. The summed E-state index contributed by atoms with van der Waals surface area (Å²) in [4.78, 5) is 31.9. The molecule has 0 radical (unpaired) electrons. The zero-order valence-corrected chi connectivity index (χ0v) is 21.4. The number of H-pyrrole nitrogens is 1. The fourth-order valence-corrected chi connectivity index (χ4v) is 4.70. The molecular weight excluding hydrogens is 436 g/mol. The lowest BCUT2D eigenvalue weighted by Crippen LogP contribution is -2.47. The van der Waals surface area contributed by atoms with Crippen LogP contribution in [-0.4, -0.2) is 41.8 Å². The van der Waals surface area contributed by atoms with Gasteiger partial charge in [-0.1, -0.05) is 68.1 Å². The van der Waals surface area contributed by atoms with Gasteiger partial charge in [0.1, 0.15) is 11.7 Å². The van der Waals surface area contributed by atoms with Crippen LogP contribution in [0.5, 0.6) is 0 Å². The summed E-state index contributed by atoms with van der Waals surface area (Å²) < 4.78 is 0. The predicted molar refractivity (Wildman–Crippen MR) is 141 cm³/mol. The molecule has 2 aromatic carbocycles. The Morgan fingerprint density at radius 1 is 1.06 bits per heavy atom. The molecule has 0 bridgehead atoms. The molecule has 2 amide bonds. The molecule has 1 heterocycles. The highest BCUT2D eigenvalue weighted by Crippen LogP contribution is 2.34. The summed E-state index contributed by atoms with van der Waals surface area (Å²) in [5, 5.41) is 7.19. The van der Waals surface area contributed by atoms with E-state index in [9.17, 15) is 9.59 Å². The normalized spacial score (nSPS) is 15.2. The van der Waals surface area contributed by atoms with E-state index in [0.29, 0.717) is 12.1 Å². The topological polar surface area (TPSA) is 77.2 Å². The molecule has 3 N–H and O–H groups in total. The number of rotatable bonds is 11. The molecule has 6 heteroatoms. The number of hydrogen-bond acceptors (Lipinski definition) is 3. The van der Waals surface area contributed by atoms with Crippen molar-refractivity contribution in [3.05, 3.63) is 70.9 Å². The standard InChI is InChI=1S/C29H38N4O2/c1-19-24-9-5-6-10-25(24)31-27(19)29(35)32-26(11-7-8-21-12-13-21)28(34)30-20(2)23-16-14-22(15-17-23)18-33(3)4/h5-6,9-10,14-17,20-21,26,31H,7-8,11-13,18H2,1-4H3,(H,30,34)(H,32,35)/t20-,26+/m1/s1. The molecule has 35 heavy (non-hydrogen) atoms. The number of para-hydroxylation sites is 1. The molecule has 6 nitrogen and oxygen atoms in total. The number of amides is 2. The predicted octanol–water partition coefficient (Wildman–Crippen LogP) is 5.09. The number of fused-ring (bicyclic) bond motifs is 1. The van der Waals surface area contributed by atoms with Crippen LogP contribution in [0.25, 0.3) is 10.9 Å². The molecule has 1 aliphatic carbocycles. The summed E-state index contributed by atoms with van der Waals surface area (Å²) in [6, 6.07) is 15.5. The van der Waals surface area contributed by atoms with Crippen molar-refractivity contribution in [2.45, 2.75) is 64.6 Å². The number of carbonyl (C=O) groups excluding carboxylic acids is 2. The van der Waals surface area contributed by atoms with E-state index >= 15 is 0 Å². The first-order valence-electron chi connectivity index (χ1n) is 12.7. The minimum absolute atomic E-state index is 0.132. The first kappa shape index (κ1) is 25.0. The van der Waals surface area contributed by atoms with Gasteiger partial charge in [-0.3, -0.25) is 9.59 Å². The second-order valence-corrected chi connectivity index (χ2v) is 10.3. The van der Waals surface area contributed by atoms with Crippen LogP contribution in [0.2, 0.25) is 0 Å². The molecule has 186 valence electrons. The SMILES string of the molecule is Cc1c(C(=O)N[C@@H](CCCC2CC2)C(=O)N[C@H](C)c2ccc(CN(C)C)cc2)[nH]c2ccccc12. The number of aryl methyl sites for hydroxylation is 1. The van der Waals surface area contributed by atoms with Gasteiger partial charge in [-0.15, -0.1) is 0 Å². The third-order valence-electron chi connectivity index (χ3n) is 6.95. The van der Waals surface area contributed by atoms with Crippen LogP contribution in [0.1, 0.15) is 72.2 Å². The molecule has 4 rings (SSSR count). The summed E-state index contributed by atoms with van der Waals surface area (Å²) in [6.45, 7) is 4.81. The molecular formula is C29H38N4O2. The van der Waals surface area contributed by atoms with Gasteiger partial charge >= 0.3 is 0 Å². The summed E-state index contributed by atoms with van der Waals surface area (Å²) in [5.74, 6) is 0.434. The maximum Gasteiger partial charge on any atom is 0.268 e. The maximum absolute atomic E-state index is 13.3. The van der Waals surface area contributed by atoms with Crippen molar-refractivity contribution < 1.29 is 9.59 Å². The fraction of sp³-hybridized carbons (Fsp3) is 0.448. The smallest absolute Gasteiger partial charge is 0.268 e. The Hall–Kier alpha value is -3.12. The highest BCUT2D eigenvalue weighted by Gasteiger charge is 2.26. The molecule has 0 saturated heterocycles. The maximum atomic E-state index is 13.3. The summed E-state index contributed by atoms with van der Waals surface area (Å²) in [5.41, 5.74) is 4.64. The van der Waals surface area contributed by atoms with Crippen molar-refractivity contribution >= 4 is 22.7 Å². The van der Waals surface area contributed by atoms with Crippen molar-refractivity contribution in [3.63, 3.8) is 0 Å². The minimum atomic E-state index is -0.567. The van der Waals surface area contributed by atoms with E-state index in [1.165, 1.54) is 18.4 Å². The van der Waals surface area contributed by atoms with Crippen molar-refractivity contribution in [2.75, 3.05) is 14.1 Å². The van der Waals surface area contributed by atoms with Crippen LogP contribution in [0.3, 0.4) is 0 Å². The van der Waals surface area contributed by atoms with Crippen molar-refractivity contribution in [2.24, 2.45) is 5.92 Å². The average Bonchev–Trinajstić information content (AvgIpc) is 3.60. The van der Waals surface area contributed by atoms with Gasteiger partial charge in [-0.25, -0.2) is 0 Å². The molecule has 0 spiro atoms. The largest absolute Gasteiger partial charge is 0.350 e. The van der Waals surface area contributed by atoms with E-state index in [2.05, 4.69) is 44.8 Å². The van der Waals surface area contributed by atoms with Gasteiger partial charge in [0.15, 0.2) is 0 Å². The monoisotopic (exact) mass is 474 g/mol. The molecule has 0 aliphatic heterocycles. The van der Waals surface area contributed by atoms with Gasteiger partial charge in [0.25, 0.3) is 5.91 Å². The second kappa shape index (κ2) is 11.1. The zero-order chi connectivity index (χ0) is 24.9. The van der Waals surface area contributed by atoms with Gasteiger partial charge < -0.3 is 20.5 Å². The van der Waals surface area contributed by atoms with Crippen LogP contribution in [0, 0.1) is 12.8 Å². The zero-order valence-electron chi connectivity index (χ0n) is 21.4. The molecule has 1 aromatic heterocycles. The molecule has 3 aromatic rings. The lowest BCUT2D eigenvalue weighted by atomic mass is 10.0. The van der Waals surface area contributed by atoms with Gasteiger partial charge in [0.2, 0.25) is 5.91 Å².